The van der Waals surface area contributed by atoms with E-state index in [-0.39, 0.29) is 18.9 Å². The van der Waals surface area contributed by atoms with E-state index in [0.29, 0.717) is 17.0 Å². The SMILES string of the molecule is CC(C)CC(C(=O)NCCC(=O)O)n1cccc(CN2CCCC2)c1=S. The Morgan fingerprint density at radius 3 is 2.62 bits per heavy atom. The molecule has 0 aromatic carbocycles. The number of nitrogens with zero attached hydrogens (tertiary/aromatic N) is 2. The minimum Gasteiger partial charge on any atom is -0.481 e. The van der Waals surface area contributed by atoms with Gasteiger partial charge in [0, 0.05) is 24.8 Å². The van der Waals surface area contributed by atoms with Gasteiger partial charge >= 0.3 is 5.97 Å². The number of carboxylic acids is 1. The van der Waals surface area contributed by atoms with Crippen LogP contribution in [0.2, 0.25) is 0 Å². The zero-order valence-electron chi connectivity index (χ0n) is 15.6. The number of aliphatic carboxylic acids is 1. The van der Waals surface area contributed by atoms with E-state index in [9.17, 15) is 9.59 Å². The predicted octanol–water partition coefficient (Wildman–Crippen LogP) is 2.99. The van der Waals surface area contributed by atoms with Gasteiger partial charge in [0.1, 0.15) is 10.7 Å². The molecule has 2 rings (SSSR count). The van der Waals surface area contributed by atoms with Gasteiger partial charge in [0.25, 0.3) is 0 Å². The summed E-state index contributed by atoms with van der Waals surface area (Å²) in [5, 5.41) is 11.5. The second-order valence-electron chi connectivity index (χ2n) is 7.31. The van der Waals surface area contributed by atoms with E-state index < -0.39 is 12.0 Å². The minimum atomic E-state index is -0.921. The number of likely N-dealkylation sites (tertiary alicyclic amines) is 1. The molecule has 0 spiro atoms. The molecule has 0 bridgehead atoms. The predicted molar refractivity (Wildman–Crippen MR) is 104 cm³/mol. The lowest BCUT2D eigenvalue weighted by Gasteiger charge is -2.24. The van der Waals surface area contributed by atoms with Gasteiger partial charge in [-0.05, 0) is 44.3 Å². The third kappa shape index (κ3) is 5.92. The standard InChI is InChI=1S/C19H29N3O3S/c1-14(2)12-16(18(25)20-8-7-17(23)24)22-11-5-6-15(19(22)26)13-21-9-3-4-10-21/h5-6,11,14,16H,3-4,7-10,12-13H2,1-2H3,(H,20,25)(H,23,24). The largest absolute Gasteiger partial charge is 0.481 e. The second kappa shape index (κ2) is 9.83. The molecule has 0 saturated carbocycles. The lowest BCUT2D eigenvalue weighted by Crippen LogP contribution is -2.35. The van der Waals surface area contributed by atoms with Crippen LogP contribution in [0.25, 0.3) is 0 Å². The highest BCUT2D eigenvalue weighted by atomic mass is 32.1. The van der Waals surface area contributed by atoms with Gasteiger partial charge in [-0.15, -0.1) is 0 Å². The molecule has 1 aliphatic rings. The summed E-state index contributed by atoms with van der Waals surface area (Å²) in [7, 11) is 0. The van der Waals surface area contributed by atoms with Crippen molar-refractivity contribution in [3.8, 4) is 0 Å². The average Bonchev–Trinajstić information content (AvgIpc) is 3.07. The number of hydrogen-bond acceptors (Lipinski definition) is 4. The number of nitrogens with one attached hydrogen (secondary N) is 1. The van der Waals surface area contributed by atoms with Gasteiger partial charge in [0.05, 0.1) is 6.42 Å². The van der Waals surface area contributed by atoms with Gasteiger partial charge < -0.3 is 15.0 Å². The van der Waals surface area contributed by atoms with E-state index >= 15 is 0 Å². The Labute approximate surface area is 160 Å². The Kier molecular flexibility index (Phi) is 7.78. The van der Waals surface area contributed by atoms with Crippen LogP contribution >= 0.6 is 12.2 Å². The molecular formula is C19H29N3O3S. The van der Waals surface area contributed by atoms with E-state index in [0.717, 1.165) is 25.2 Å². The van der Waals surface area contributed by atoms with Gasteiger partial charge in [-0.25, -0.2) is 0 Å². The van der Waals surface area contributed by atoms with Crippen molar-refractivity contribution in [1.29, 1.82) is 0 Å². The van der Waals surface area contributed by atoms with E-state index in [1.54, 1.807) is 0 Å². The molecule has 0 radical (unpaired) electrons. The summed E-state index contributed by atoms with van der Waals surface area (Å²) in [6.45, 7) is 7.26. The summed E-state index contributed by atoms with van der Waals surface area (Å²) < 4.78 is 2.56. The smallest absolute Gasteiger partial charge is 0.305 e. The van der Waals surface area contributed by atoms with Crippen LogP contribution in [0.4, 0.5) is 0 Å². The summed E-state index contributed by atoms with van der Waals surface area (Å²) in [5.74, 6) is -0.779. The lowest BCUT2D eigenvalue weighted by molar-refractivity contribution is -0.137. The van der Waals surface area contributed by atoms with Crippen LogP contribution < -0.4 is 5.32 Å². The van der Waals surface area contributed by atoms with Crippen molar-refractivity contribution in [1.82, 2.24) is 14.8 Å². The first-order valence-electron chi connectivity index (χ1n) is 9.30. The highest BCUT2D eigenvalue weighted by molar-refractivity contribution is 7.71. The second-order valence-corrected chi connectivity index (χ2v) is 7.70. The average molecular weight is 380 g/mol. The molecule has 7 heteroatoms. The van der Waals surface area contributed by atoms with Crippen molar-refractivity contribution in [2.75, 3.05) is 19.6 Å². The van der Waals surface area contributed by atoms with Crippen LogP contribution in [0.5, 0.6) is 0 Å². The zero-order valence-corrected chi connectivity index (χ0v) is 16.4. The summed E-state index contributed by atoms with van der Waals surface area (Å²) in [5.41, 5.74) is 1.07. The molecule has 144 valence electrons. The number of rotatable bonds is 9. The molecular weight excluding hydrogens is 350 g/mol. The number of hydrogen-bond donors (Lipinski definition) is 2. The van der Waals surface area contributed by atoms with Crippen molar-refractivity contribution >= 4 is 24.1 Å². The maximum atomic E-state index is 12.7. The van der Waals surface area contributed by atoms with E-state index in [4.69, 9.17) is 17.3 Å². The third-order valence-electron chi connectivity index (χ3n) is 4.62. The van der Waals surface area contributed by atoms with E-state index in [1.807, 2.05) is 22.9 Å². The van der Waals surface area contributed by atoms with Crippen LogP contribution in [-0.4, -0.2) is 46.1 Å². The quantitative estimate of drug-likeness (QED) is 0.645. The Morgan fingerprint density at radius 2 is 2.00 bits per heavy atom. The topological polar surface area (TPSA) is 74.6 Å². The van der Waals surface area contributed by atoms with Gasteiger partial charge in [-0.1, -0.05) is 32.1 Å². The molecule has 1 unspecified atom stereocenters. The van der Waals surface area contributed by atoms with Gasteiger partial charge in [-0.2, -0.15) is 0 Å². The van der Waals surface area contributed by atoms with Crippen LogP contribution in [0.3, 0.4) is 0 Å². The highest BCUT2D eigenvalue weighted by Gasteiger charge is 2.23. The maximum Gasteiger partial charge on any atom is 0.305 e. The maximum absolute atomic E-state index is 12.7. The summed E-state index contributed by atoms with van der Waals surface area (Å²) in [6, 6.07) is 3.56. The molecule has 1 aromatic rings. The van der Waals surface area contributed by atoms with Crippen molar-refractivity contribution in [2.45, 2.75) is 52.1 Å². The Morgan fingerprint density at radius 1 is 1.31 bits per heavy atom. The number of aromatic nitrogens is 1. The van der Waals surface area contributed by atoms with Crippen molar-refractivity contribution < 1.29 is 14.7 Å². The highest BCUT2D eigenvalue weighted by Crippen LogP contribution is 2.21. The molecule has 1 atom stereocenters. The molecule has 6 nitrogen and oxygen atoms in total. The zero-order chi connectivity index (χ0) is 19.1. The first-order chi connectivity index (χ1) is 12.4. The fourth-order valence-corrected chi connectivity index (χ4v) is 3.63. The fourth-order valence-electron chi connectivity index (χ4n) is 3.31. The monoisotopic (exact) mass is 379 g/mol. The van der Waals surface area contributed by atoms with Gasteiger partial charge in [-0.3, -0.25) is 14.5 Å². The summed E-state index contributed by atoms with van der Waals surface area (Å²) in [4.78, 5) is 25.8. The van der Waals surface area contributed by atoms with E-state index in [2.05, 4.69) is 24.1 Å². The van der Waals surface area contributed by atoms with E-state index in [1.165, 1.54) is 12.8 Å². The third-order valence-corrected chi connectivity index (χ3v) is 5.09. The number of carboxylic acid groups (broad SMARTS) is 1. The molecule has 1 saturated heterocycles. The Balaban J connectivity index is 2.19. The number of carbonyl (C=O) groups excluding carboxylic acids is 1. The fraction of sp³-hybridized carbons (Fsp3) is 0.632. The lowest BCUT2D eigenvalue weighted by atomic mass is 10.0. The molecule has 2 N–H and O–H groups in total. The van der Waals surface area contributed by atoms with Gasteiger partial charge in [0.15, 0.2) is 0 Å². The first kappa shape index (κ1) is 20.6. The van der Waals surface area contributed by atoms with Crippen molar-refractivity contribution in [3.63, 3.8) is 0 Å². The molecule has 0 aliphatic carbocycles. The molecule has 1 aliphatic heterocycles. The Hall–Kier alpha value is -1.73. The van der Waals surface area contributed by atoms with Gasteiger partial charge in [0.2, 0.25) is 5.91 Å². The van der Waals surface area contributed by atoms with Crippen molar-refractivity contribution in [3.05, 3.63) is 28.5 Å². The number of pyridine rings is 1. The molecule has 1 aromatic heterocycles. The molecule has 26 heavy (non-hydrogen) atoms. The number of carbonyl (C=O) groups is 2. The summed E-state index contributed by atoms with van der Waals surface area (Å²) in [6.07, 6.45) is 4.88. The first-order valence-corrected chi connectivity index (χ1v) is 9.71. The normalized spacial score (nSPS) is 16.0. The summed E-state index contributed by atoms with van der Waals surface area (Å²) >= 11 is 5.69. The number of amides is 1. The van der Waals surface area contributed by atoms with Crippen LogP contribution in [0.1, 0.15) is 51.1 Å². The molecule has 1 fully saturated rings. The van der Waals surface area contributed by atoms with Crippen molar-refractivity contribution in [2.24, 2.45) is 5.92 Å². The minimum absolute atomic E-state index is 0.0828. The van der Waals surface area contributed by atoms with Crippen LogP contribution in [0.15, 0.2) is 18.3 Å². The Bertz CT molecular complexity index is 681. The van der Waals surface area contributed by atoms with Crippen LogP contribution in [-0.2, 0) is 16.1 Å². The molecule has 2 heterocycles. The van der Waals surface area contributed by atoms with Crippen LogP contribution in [0, 0.1) is 10.6 Å². The molecule has 1 amide bonds.